The van der Waals surface area contributed by atoms with Crippen molar-refractivity contribution in [1.29, 1.82) is 0 Å². The van der Waals surface area contributed by atoms with E-state index in [1.165, 1.54) is 24.1 Å². The Morgan fingerprint density at radius 3 is 2.44 bits per heavy atom. The fourth-order valence-corrected chi connectivity index (χ4v) is 5.15. The number of phenolic OH excluding ortho intramolecular Hbond substituents is 1. The lowest BCUT2D eigenvalue weighted by atomic mass is 9.78. The summed E-state index contributed by atoms with van der Waals surface area (Å²) in [5.74, 6) is 0.0712. The van der Waals surface area contributed by atoms with Gasteiger partial charge in [-0.05, 0) is 87.5 Å². The molecule has 182 valence electrons. The van der Waals surface area contributed by atoms with Crippen LogP contribution in [0.25, 0.3) is 0 Å². The predicted molar refractivity (Wildman–Crippen MR) is 126 cm³/mol. The Morgan fingerprint density at radius 2 is 1.79 bits per heavy atom. The summed E-state index contributed by atoms with van der Waals surface area (Å²) in [4.78, 5) is 29.6. The second kappa shape index (κ2) is 9.62. The molecule has 2 aliphatic heterocycles. The van der Waals surface area contributed by atoms with Crippen molar-refractivity contribution in [2.24, 2.45) is 5.92 Å². The van der Waals surface area contributed by atoms with Gasteiger partial charge in [-0.25, -0.2) is 9.18 Å². The van der Waals surface area contributed by atoms with Crippen LogP contribution in [-0.2, 0) is 17.8 Å². The number of carbonyl (C=O) groups is 2. The highest BCUT2D eigenvalue weighted by Crippen LogP contribution is 2.35. The van der Waals surface area contributed by atoms with Crippen molar-refractivity contribution < 1.29 is 23.8 Å². The molecule has 8 heteroatoms. The maximum absolute atomic E-state index is 13.3. The van der Waals surface area contributed by atoms with Crippen LogP contribution in [0, 0.1) is 11.7 Å². The van der Waals surface area contributed by atoms with E-state index in [0.29, 0.717) is 11.3 Å². The zero-order chi connectivity index (χ0) is 24.5. The average Bonchev–Trinajstić information content (AvgIpc) is 3.05. The van der Waals surface area contributed by atoms with Gasteiger partial charge in [0.1, 0.15) is 11.4 Å². The molecule has 0 spiro atoms. The summed E-state index contributed by atoms with van der Waals surface area (Å²) >= 11 is 0. The van der Waals surface area contributed by atoms with Gasteiger partial charge in [0.15, 0.2) is 11.5 Å². The number of piperidine rings is 1. The van der Waals surface area contributed by atoms with E-state index in [9.17, 15) is 19.1 Å². The summed E-state index contributed by atoms with van der Waals surface area (Å²) in [6.45, 7) is 5.79. The van der Waals surface area contributed by atoms with Gasteiger partial charge in [0.05, 0.1) is 13.7 Å². The summed E-state index contributed by atoms with van der Waals surface area (Å²) in [5.41, 5.74) is 0.867. The van der Waals surface area contributed by atoms with Crippen LogP contribution in [0.4, 0.5) is 9.18 Å². The number of rotatable bonds is 7. The van der Waals surface area contributed by atoms with Crippen LogP contribution >= 0.6 is 0 Å². The lowest BCUT2D eigenvalue weighted by Gasteiger charge is -2.41. The van der Waals surface area contributed by atoms with Gasteiger partial charge >= 0.3 is 6.03 Å². The fraction of sp³-hybridized carbons (Fsp3) is 0.462. The number of nitrogens with zero attached hydrogens (tertiary/aromatic N) is 2. The number of methoxy groups -OCH3 is 1. The lowest BCUT2D eigenvalue weighted by molar-refractivity contribution is -0.133. The van der Waals surface area contributed by atoms with Crippen LogP contribution in [0.1, 0.15) is 37.8 Å². The number of halogens is 1. The normalized spacial score (nSPS) is 22.6. The van der Waals surface area contributed by atoms with E-state index in [1.807, 2.05) is 19.1 Å². The van der Waals surface area contributed by atoms with Crippen molar-refractivity contribution in [2.75, 3.05) is 20.2 Å². The third-order valence-corrected chi connectivity index (χ3v) is 7.30. The van der Waals surface area contributed by atoms with Crippen LogP contribution in [0.15, 0.2) is 42.5 Å². The van der Waals surface area contributed by atoms with Crippen molar-refractivity contribution >= 4 is 11.9 Å². The number of phenols is 1. The molecule has 2 N–H and O–H groups in total. The SMILES string of the molecule is COc1cc(C[C@H](C)N2CCC([C@@]3(C)NC(=O)N(Cc4ccc(F)cc4)C3=O)CC2)ccc1O. The molecule has 3 amide bonds. The Balaban J connectivity index is 1.36. The molecule has 0 aromatic heterocycles. The van der Waals surface area contributed by atoms with E-state index < -0.39 is 11.6 Å². The van der Waals surface area contributed by atoms with Crippen molar-refractivity contribution in [3.8, 4) is 11.5 Å². The van der Waals surface area contributed by atoms with Gasteiger partial charge in [0, 0.05) is 6.04 Å². The molecule has 2 saturated heterocycles. The smallest absolute Gasteiger partial charge is 0.325 e. The molecule has 2 heterocycles. The second-order valence-electron chi connectivity index (χ2n) is 9.52. The zero-order valence-corrected chi connectivity index (χ0v) is 19.9. The zero-order valence-electron chi connectivity index (χ0n) is 19.9. The van der Waals surface area contributed by atoms with Gasteiger partial charge in [0.2, 0.25) is 0 Å². The molecule has 4 rings (SSSR count). The predicted octanol–water partition coefficient (Wildman–Crippen LogP) is 3.69. The molecule has 0 radical (unpaired) electrons. The van der Waals surface area contributed by atoms with E-state index in [0.717, 1.165) is 37.9 Å². The molecule has 2 aliphatic rings. The van der Waals surface area contributed by atoms with Gasteiger partial charge in [-0.1, -0.05) is 18.2 Å². The molecule has 0 aliphatic carbocycles. The van der Waals surface area contributed by atoms with Crippen LogP contribution in [0.2, 0.25) is 0 Å². The number of carbonyl (C=O) groups excluding carboxylic acids is 2. The van der Waals surface area contributed by atoms with Crippen LogP contribution in [-0.4, -0.2) is 58.6 Å². The number of nitrogens with one attached hydrogen (secondary N) is 1. The molecule has 2 fully saturated rings. The highest BCUT2D eigenvalue weighted by Gasteiger charge is 2.52. The Labute approximate surface area is 199 Å². The largest absolute Gasteiger partial charge is 0.504 e. The summed E-state index contributed by atoms with van der Waals surface area (Å²) in [5, 5.41) is 12.8. The number of aromatic hydroxyl groups is 1. The van der Waals surface area contributed by atoms with E-state index >= 15 is 0 Å². The summed E-state index contributed by atoms with van der Waals surface area (Å²) in [6, 6.07) is 11.2. The molecule has 2 aromatic carbocycles. The Bertz CT molecular complexity index is 1050. The minimum atomic E-state index is -0.934. The molecule has 34 heavy (non-hydrogen) atoms. The first-order valence-electron chi connectivity index (χ1n) is 11.7. The molecular weight excluding hydrogens is 437 g/mol. The first kappa shape index (κ1) is 24.0. The standard InChI is InChI=1S/C26H32FN3O4/c1-17(14-19-6-9-22(31)23(15-19)34-3)29-12-10-20(11-13-29)26(2)24(32)30(25(33)28-26)16-18-4-7-21(27)8-5-18/h4-9,15,17,20,31H,10-14,16H2,1-3H3,(H,28,33)/t17-,26+/m0/s1. The number of hydrogen-bond acceptors (Lipinski definition) is 5. The molecule has 2 aromatic rings. The Morgan fingerprint density at radius 1 is 1.15 bits per heavy atom. The van der Waals surface area contributed by atoms with Crippen molar-refractivity contribution in [1.82, 2.24) is 15.1 Å². The quantitative estimate of drug-likeness (QED) is 0.605. The second-order valence-corrected chi connectivity index (χ2v) is 9.52. The molecule has 7 nitrogen and oxygen atoms in total. The number of hydrogen-bond donors (Lipinski definition) is 2. The number of urea groups is 1. The number of benzene rings is 2. The molecule has 0 unspecified atom stereocenters. The minimum Gasteiger partial charge on any atom is -0.504 e. The third-order valence-electron chi connectivity index (χ3n) is 7.30. The molecular formula is C26H32FN3O4. The van der Waals surface area contributed by atoms with Crippen LogP contribution in [0.3, 0.4) is 0 Å². The Hall–Kier alpha value is -3.13. The summed E-state index contributed by atoms with van der Waals surface area (Å²) in [6.07, 6.45) is 2.42. The molecule has 0 bridgehead atoms. The van der Waals surface area contributed by atoms with Gasteiger partial charge < -0.3 is 20.1 Å². The van der Waals surface area contributed by atoms with Gasteiger partial charge in [-0.15, -0.1) is 0 Å². The average molecular weight is 470 g/mol. The van der Waals surface area contributed by atoms with Crippen molar-refractivity contribution in [2.45, 2.75) is 51.2 Å². The highest BCUT2D eigenvalue weighted by atomic mass is 19.1. The molecule has 2 atom stereocenters. The van der Waals surface area contributed by atoms with E-state index in [2.05, 4.69) is 17.1 Å². The number of amides is 3. The maximum Gasteiger partial charge on any atom is 0.325 e. The lowest BCUT2D eigenvalue weighted by Crippen LogP contribution is -2.54. The van der Waals surface area contributed by atoms with E-state index in [-0.39, 0.29) is 36.0 Å². The summed E-state index contributed by atoms with van der Waals surface area (Å²) in [7, 11) is 1.54. The first-order chi connectivity index (χ1) is 16.2. The van der Waals surface area contributed by atoms with E-state index in [4.69, 9.17) is 4.74 Å². The van der Waals surface area contributed by atoms with E-state index in [1.54, 1.807) is 18.2 Å². The van der Waals surface area contributed by atoms with Crippen molar-refractivity contribution in [3.05, 3.63) is 59.4 Å². The third kappa shape index (κ3) is 4.73. The van der Waals surface area contributed by atoms with Crippen molar-refractivity contribution in [3.63, 3.8) is 0 Å². The first-order valence-corrected chi connectivity index (χ1v) is 11.7. The monoisotopic (exact) mass is 469 g/mol. The van der Waals surface area contributed by atoms with Gasteiger partial charge in [0.25, 0.3) is 5.91 Å². The minimum absolute atomic E-state index is 0.0411. The number of imide groups is 1. The highest BCUT2D eigenvalue weighted by molar-refractivity contribution is 6.06. The number of ether oxygens (including phenoxy) is 1. The number of likely N-dealkylation sites (tertiary alicyclic amines) is 1. The van der Waals surface area contributed by atoms with Crippen LogP contribution in [0.5, 0.6) is 11.5 Å². The summed E-state index contributed by atoms with van der Waals surface area (Å²) < 4.78 is 18.4. The van der Waals surface area contributed by atoms with Gasteiger partial charge in [-0.2, -0.15) is 0 Å². The maximum atomic E-state index is 13.3. The van der Waals surface area contributed by atoms with Gasteiger partial charge in [-0.3, -0.25) is 9.69 Å². The Kier molecular flexibility index (Phi) is 6.79. The fourth-order valence-electron chi connectivity index (χ4n) is 5.15. The van der Waals surface area contributed by atoms with Crippen LogP contribution < -0.4 is 10.1 Å². The topological polar surface area (TPSA) is 82.1 Å². The molecule has 0 saturated carbocycles.